The minimum Gasteiger partial charge on any atom is -0.280 e. The minimum absolute atomic E-state index is 0.390. The van der Waals surface area contributed by atoms with E-state index in [1.54, 1.807) is 0 Å². The second kappa shape index (κ2) is 3.28. The summed E-state index contributed by atoms with van der Waals surface area (Å²) in [6.07, 6.45) is 5.27. The van der Waals surface area contributed by atoms with E-state index in [1.165, 1.54) is 0 Å². The zero-order valence-corrected chi connectivity index (χ0v) is 8.36. The van der Waals surface area contributed by atoms with Crippen molar-refractivity contribution < 1.29 is 0 Å². The molecular weight excluding hydrogens is 181 g/mol. The van der Waals surface area contributed by atoms with Gasteiger partial charge in [-0.15, -0.1) is 23.7 Å². The number of hydrogen-bond donors (Lipinski definition) is 1. The summed E-state index contributed by atoms with van der Waals surface area (Å²) in [6, 6.07) is 0. The lowest BCUT2D eigenvalue weighted by atomic mass is 10.2. The summed E-state index contributed by atoms with van der Waals surface area (Å²) < 4.78 is 0. The van der Waals surface area contributed by atoms with E-state index in [0.717, 1.165) is 12.3 Å². The molecule has 1 saturated heterocycles. The van der Waals surface area contributed by atoms with Crippen molar-refractivity contribution in [3.05, 3.63) is 0 Å². The number of nitrogens with one attached hydrogen (secondary N) is 1. The first-order valence-corrected chi connectivity index (χ1v) is 7.91. The zero-order valence-electron chi connectivity index (χ0n) is 5.83. The second-order valence-electron chi connectivity index (χ2n) is 2.37. The lowest BCUT2D eigenvalue weighted by Crippen LogP contribution is -2.24. The van der Waals surface area contributed by atoms with Gasteiger partial charge in [0.1, 0.15) is 0 Å². The maximum absolute atomic E-state index is 5.29. The molecule has 1 nitrogen and oxygen atoms in total. The highest BCUT2D eigenvalue weighted by molar-refractivity contribution is 8.70. The number of rotatable bonds is 0. The third kappa shape index (κ3) is 2.29. The van der Waals surface area contributed by atoms with E-state index in [2.05, 4.69) is 17.7 Å². The molecule has 0 amide bonds. The Morgan fingerprint density at radius 3 is 3.00 bits per heavy atom. The van der Waals surface area contributed by atoms with E-state index in [0.29, 0.717) is 5.92 Å². The van der Waals surface area contributed by atoms with Crippen LogP contribution in [-0.4, -0.2) is 19.0 Å². The normalized spacial score (nSPS) is 40.6. The van der Waals surface area contributed by atoms with E-state index in [9.17, 15) is 0 Å². The quantitative estimate of drug-likeness (QED) is 0.460. The second-order valence-corrected chi connectivity index (χ2v) is 10.8. The molecule has 56 valence electrons. The van der Waals surface area contributed by atoms with Gasteiger partial charge in [-0.3, -0.25) is 5.09 Å². The van der Waals surface area contributed by atoms with E-state index in [4.69, 9.17) is 18.2 Å². The molecule has 0 aromatic heterocycles. The summed E-state index contributed by atoms with van der Waals surface area (Å²) in [6.45, 7) is 3.02. The van der Waals surface area contributed by atoms with Crippen molar-refractivity contribution in [2.75, 3.05) is 19.0 Å². The average molecular weight is 191 g/mol. The molecular formula is C6H10NPS2. The van der Waals surface area contributed by atoms with Gasteiger partial charge in [0.15, 0.2) is 0 Å². The van der Waals surface area contributed by atoms with Crippen molar-refractivity contribution >= 4 is 28.6 Å². The molecule has 2 atom stereocenters. The van der Waals surface area contributed by atoms with Gasteiger partial charge in [-0.1, -0.05) is 11.8 Å². The van der Waals surface area contributed by atoms with Crippen LogP contribution in [-0.2, 0) is 11.8 Å². The summed E-state index contributed by atoms with van der Waals surface area (Å²) in [4.78, 5) is 0. The average Bonchev–Trinajstić information content (AvgIpc) is 1.88. The zero-order chi connectivity index (χ0) is 7.61. The minimum atomic E-state index is -1.23. The lowest BCUT2D eigenvalue weighted by molar-refractivity contribution is 0.735. The van der Waals surface area contributed by atoms with Gasteiger partial charge in [-0.25, -0.2) is 0 Å². The third-order valence-corrected chi connectivity index (χ3v) is 6.83. The van der Waals surface area contributed by atoms with Crippen molar-refractivity contribution in [1.29, 1.82) is 0 Å². The van der Waals surface area contributed by atoms with E-state index >= 15 is 0 Å². The van der Waals surface area contributed by atoms with Gasteiger partial charge in [0.05, 0.1) is 5.39 Å². The molecule has 1 N–H and O–H groups in total. The topological polar surface area (TPSA) is 12.0 Å². The molecule has 0 spiro atoms. The summed E-state index contributed by atoms with van der Waals surface area (Å²) in [7, 11) is 0. The standard InChI is InChI=1S/C6H10NPS2/c1-3-6-4-7-8(2,9)10-5-6/h1,6H,4-5H2,2H3,(H,7,9). The van der Waals surface area contributed by atoms with Crippen LogP contribution in [0.25, 0.3) is 0 Å². The molecule has 0 bridgehead atoms. The van der Waals surface area contributed by atoms with Crippen molar-refractivity contribution in [2.24, 2.45) is 5.92 Å². The van der Waals surface area contributed by atoms with Crippen LogP contribution in [0.4, 0.5) is 0 Å². The molecule has 0 aromatic carbocycles. The first-order chi connectivity index (χ1) is 4.64. The fraction of sp³-hybridized carbons (Fsp3) is 0.667. The Morgan fingerprint density at radius 2 is 2.60 bits per heavy atom. The molecule has 1 heterocycles. The summed E-state index contributed by atoms with van der Waals surface area (Å²) >= 11 is 7.12. The van der Waals surface area contributed by atoms with Gasteiger partial charge in [0.25, 0.3) is 0 Å². The maximum Gasteiger partial charge on any atom is 0.0615 e. The first-order valence-electron chi connectivity index (χ1n) is 3.07. The third-order valence-electron chi connectivity index (χ3n) is 1.38. The molecule has 0 aliphatic carbocycles. The van der Waals surface area contributed by atoms with Crippen molar-refractivity contribution in [3.8, 4) is 12.3 Å². The smallest absolute Gasteiger partial charge is 0.0615 e. The fourth-order valence-electron chi connectivity index (χ4n) is 0.720. The monoisotopic (exact) mass is 191 g/mol. The van der Waals surface area contributed by atoms with Gasteiger partial charge in [-0.2, -0.15) is 0 Å². The fourth-order valence-corrected chi connectivity index (χ4v) is 4.70. The summed E-state index contributed by atoms with van der Waals surface area (Å²) in [5.74, 6) is 4.16. The highest BCUT2D eigenvalue weighted by Gasteiger charge is 2.20. The Morgan fingerprint density at radius 1 is 1.90 bits per heavy atom. The predicted octanol–water partition coefficient (Wildman–Crippen LogP) is 1.51. The van der Waals surface area contributed by atoms with E-state index < -0.39 is 5.39 Å². The van der Waals surface area contributed by atoms with Crippen LogP contribution in [0.3, 0.4) is 0 Å². The molecule has 1 aliphatic rings. The molecule has 0 aromatic rings. The van der Waals surface area contributed by atoms with Gasteiger partial charge < -0.3 is 0 Å². The van der Waals surface area contributed by atoms with Crippen molar-refractivity contribution in [3.63, 3.8) is 0 Å². The lowest BCUT2D eigenvalue weighted by Gasteiger charge is -2.26. The van der Waals surface area contributed by atoms with Crippen molar-refractivity contribution in [2.45, 2.75) is 0 Å². The molecule has 1 fully saturated rings. The van der Waals surface area contributed by atoms with Crippen LogP contribution in [0, 0.1) is 18.3 Å². The molecule has 1 rings (SSSR count). The van der Waals surface area contributed by atoms with Crippen LogP contribution in [0.5, 0.6) is 0 Å². The first kappa shape index (κ1) is 8.62. The van der Waals surface area contributed by atoms with Gasteiger partial charge >= 0.3 is 0 Å². The summed E-state index contributed by atoms with van der Waals surface area (Å²) in [5, 5.41) is 2.07. The highest BCUT2D eigenvalue weighted by Crippen LogP contribution is 2.54. The highest BCUT2D eigenvalue weighted by atomic mass is 32.9. The molecule has 4 heteroatoms. The van der Waals surface area contributed by atoms with Gasteiger partial charge in [0, 0.05) is 18.2 Å². The Kier molecular flexibility index (Phi) is 2.82. The Hall–Kier alpha value is 0.520. The van der Waals surface area contributed by atoms with E-state index in [1.807, 2.05) is 11.4 Å². The molecule has 2 unspecified atom stereocenters. The molecule has 0 radical (unpaired) electrons. The Labute approximate surface area is 71.2 Å². The molecule has 10 heavy (non-hydrogen) atoms. The van der Waals surface area contributed by atoms with Gasteiger partial charge in [0.2, 0.25) is 0 Å². The number of hydrogen-bond acceptors (Lipinski definition) is 2. The van der Waals surface area contributed by atoms with Crippen LogP contribution in [0.1, 0.15) is 0 Å². The van der Waals surface area contributed by atoms with Crippen molar-refractivity contribution in [1.82, 2.24) is 5.09 Å². The van der Waals surface area contributed by atoms with Crippen LogP contribution < -0.4 is 5.09 Å². The number of terminal acetylenes is 1. The maximum atomic E-state index is 5.29. The molecule has 1 aliphatic heterocycles. The predicted molar refractivity (Wildman–Crippen MR) is 53.0 cm³/mol. The van der Waals surface area contributed by atoms with Crippen LogP contribution in [0.2, 0.25) is 0 Å². The SMILES string of the molecule is C#CC1CNP(C)(=S)SC1. The molecule has 0 saturated carbocycles. The Balaban J connectivity index is 2.48. The van der Waals surface area contributed by atoms with Crippen LogP contribution in [0.15, 0.2) is 0 Å². The largest absolute Gasteiger partial charge is 0.280 e. The van der Waals surface area contributed by atoms with Crippen LogP contribution >= 0.6 is 16.8 Å². The summed E-state index contributed by atoms with van der Waals surface area (Å²) in [5.41, 5.74) is 0. The Bertz CT molecular complexity index is 196. The van der Waals surface area contributed by atoms with Gasteiger partial charge in [-0.05, 0) is 6.66 Å². The van der Waals surface area contributed by atoms with E-state index in [-0.39, 0.29) is 0 Å².